The average molecular weight is 405 g/mol. The van der Waals surface area contributed by atoms with Crippen LogP contribution in [0.25, 0.3) is 0 Å². The lowest BCUT2D eigenvalue weighted by Gasteiger charge is -2.23. The highest BCUT2D eigenvalue weighted by atomic mass is 16.2. The molecule has 0 aliphatic rings. The highest BCUT2D eigenvalue weighted by molar-refractivity contribution is 5.91. The van der Waals surface area contributed by atoms with Crippen molar-refractivity contribution in [2.45, 2.75) is 71.0 Å². The van der Waals surface area contributed by atoms with Crippen LogP contribution in [0.5, 0.6) is 0 Å². The summed E-state index contributed by atoms with van der Waals surface area (Å²) in [5, 5.41) is 7.95. The van der Waals surface area contributed by atoms with Crippen LogP contribution in [0, 0.1) is 0 Å². The van der Waals surface area contributed by atoms with Gasteiger partial charge in [0, 0.05) is 18.4 Å². The summed E-state index contributed by atoms with van der Waals surface area (Å²) in [7, 11) is 0. The van der Waals surface area contributed by atoms with Crippen LogP contribution in [0.3, 0.4) is 0 Å². The van der Waals surface area contributed by atoms with Crippen LogP contribution in [0.2, 0.25) is 0 Å². The Kier molecular flexibility index (Phi) is 9.31. The first-order valence-corrected chi connectivity index (χ1v) is 9.72. The number of aryl methyl sites for hydroxylation is 1. The minimum Gasteiger partial charge on any atom is -0.368 e. The lowest BCUT2D eigenvalue weighted by atomic mass is 10.1. The lowest BCUT2D eigenvalue weighted by Crippen LogP contribution is -2.52. The molecule has 8 nitrogen and oxygen atoms in total. The van der Waals surface area contributed by atoms with Crippen molar-refractivity contribution in [1.82, 2.24) is 16.0 Å². The number of amides is 4. The summed E-state index contributed by atoms with van der Waals surface area (Å²) in [6.07, 6.45) is 0.895. The van der Waals surface area contributed by atoms with Crippen LogP contribution < -0.4 is 21.7 Å². The Morgan fingerprint density at radius 1 is 0.966 bits per heavy atom. The van der Waals surface area contributed by atoms with Gasteiger partial charge in [-0.2, -0.15) is 0 Å². The Bertz CT molecular complexity index is 713. The largest absolute Gasteiger partial charge is 0.368 e. The van der Waals surface area contributed by atoms with Crippen molar-refractivity contribution in [2.24, 2.45) is 5.73 Å². The zero-order valence-electron chi connectivity index (χ0n) is 17.6. The molecule has 8 heteroatoms. The molecule has 29 heavy (non-hydrogen) atoms. The van der Waals surface area contributed by atoms with Gasteiger partial charge in [-0.25, -0.2) is 0 Å². The van der Waals surface area contributed by atoms with E-state index in [0.29, 0.717) is 6.42 Å². The normalized spacial score (nSPS) is 13.1. The summed E-state index contributed by atoms with van der Waals surface area (Å²) in [6.45, 7) is 7.03. The van der Waals surface area contributed by atoms with Gasteiger partial charge in [0.25, 0.3) is 0 Å². The quantitative estimate of drug-likeness (QED) is 0.459. The first kappa shape index (κ1) is 24.1. The highest BCUT2D eigenvalue weighted by Gasteiger charge is 2.25. The zero-order chi connectivity index (χ0) is 22.0. The second-order valence-electron chi connectivity index (χ2n) is 8.08. The van der Waals surface area contributed by atoms with Crippen LogP contribution in [-0.4, -0.2) is 41.3 Å². The monoisotopic (exact) mass is 404 g/mol. The molecule has 0 saturated heterocycles. The minimum absolute atomic E-state index is 0.0548. The number of hydrogen-bond donors (Lipinski definition) is 4. The maximum absolute atomic E-state index is 12.5. The van der Waals surface area contributed by atoms with E-state index in [4.69, 9.17) is 5.73 Å². The van der Waals surface area contributed by atoms with Crippen LogP contribution in [0.15, 0.2) is 30.3 Å². The van der Waals surface area contributed by atoms with Crippen LogP contribution >= 0.6 is 0 Å². The predicted octanol–water partition coefficient (Wildman–Crippen LogP) is 0.789. The minimum atomic E-state index is -0.939. The maximum Gasteiger partial charge on any atom is 0.243 e. The summed E-state index contributed by atoms with van der Waals surface area (Å²) in [6, 6.07) is 7.70. The predicted molar refractivity (Wildman–Crippen MR) is 111 cm³/mol. The molecule has 5 N–H and O–H groups in total. The number of hydrogen-bond acceptors (Lipinski definition) is 4. The Hall–Kier alpha value is -2.90. The molecular weight excluding hydrogens is 372 g/mol. The van der Waals surface area contributed by atoms with E-state index in [9.17, 15) is 19.2 Å². The first-order chi connectivity index (χ1) is 13.5. The van der Waals surface area contributed by atoms with Gasteiger partial charge in [-0.15, -0.1) is 0 Å². The SMILES string of the molecule is CC(NC(=O)C(CCC(=O)NC(C)(C)C)NC(=O)CCc1ccccc1)C(N)=O. The van der Waals surface area contributed by atoms with E-state index in [2.05, 4.69) is 16.0 Å². The molecule has 4 amide bonds. The number of nitrogens with one attached hydrogen (secondary N) is 3. The van der Waals surface area contributed by atoms with Crippen molar-refractivity contribution in [3.05, 3.63) is 35.9 Å². The van der Waals surface area contributed by atoms with Gasteiger partial charge in [0.05, 0.1) is 0 Å². The second-order valence-corrected chi connectivity index (χ2v) is 8.08. The van der Waals surface area contributed by atoms with Crippen LogP contribution in [0.1, 0.15) is 52.5 Å². The highest BCUT2D eigenvalue weighted by Crippen LogP contribution is 2.06. The number of carbonyl (C=O) groups is 4. The van der Waals surface area contributed by atoms with Gasteiger partial charge < -0.3 is 21.7 Å². The van der Waals surface area contributed by atoms with Crippen LogP contribution in [0.4, 0.5) is 0 Å². The van der Waals surface area contributed by atoms with Gasteiger partial charge in [0.15, 0.2) is 0 Å². The average Bonchev–Trinajstić information content (AvgIpc) is 2.62. The van der Waals surface area contributed by atoms with Gasteiger partial charge in [0.1, 0.15) is 12.1 Å². The molecule has 0 fully saturated rings. The summed E-state index contributed by atoms with van der Waals surface area (Å²) in [4.78, 5) is 48.1. The summed E-state index contributed by atoms with van der Waals surface area (Å²) in [5.41, 5.74) is 5.80. The van der Waals surface area contributed by atoms with Gasteiger partial charge >= 0.3 is 0 Å². The molecule has 0 spiro atoms. The lowest BCUT2D eigenvalue weighted by molar-refractivity contribution is -0.132. The third kappa shape index (κ3) is 10.3. The van der Waals surface area contributed by atoms with Crippen LogP contribution in [-0.2, 0) is 25.6 Å². The number of rotatable bonds is 10. The fraction of sp³-hybridized carbons (Fsp3) is 0.524. The van der Waals surface area contributed by atoms with Crippen molar-refractivity contribution in [1.29, 1.82) is 0 Å². The molecule has 0 heterocycles. The van der Waals surface area contributed by atoms with E-state index in [-0.39, 0.29) is 31.1 Å². The summed E-state index contributed by atoms with van der Waals surface area (Å²) < 4.78 is 0. The van der Waals surface area contributed by atoms with E-state index in [1.54, 1.807) is 0 Å². The van der Waals surface area contributed by atoms with Crippen molar-refractivity contribution in [2.75, 3.05) is 0 Å². The summed E-state index contributed by atoms with van der Waals surface area (Å²) >= 11 is 0. The molecule has 0 bridgehead atoms. The Labute approximate surface area is 172 Å². The molecule has 1 aromatic carbocycles. The molecule has 160 valence electrons. The van der Waals surface area contributed by atoms with E-state index in [1.165, 1.54) is 6.92 Å². The fourth-order valence-corrected chi connectivity index (χ4v) is 2.58. The molecule has 0 aromatic heterocycles. The van der Waals surface area contributed by atoms with Crippen molar-refractivity contribution in [3.63, 3.8) is 0 Å². The smallest absolute Gasteiger partial charge is 0.243 e. The van der Waals surface area contributed by atoms with E-state index in [0.717, 1.165) is 5.56 Å². The molecular formula is C21H32N4O4. The molecule has 0 radical (unpaired) electrons. The van der Waals surface area contributed by atoms with Gasteiger partial charge in [-0.1, -0.05) is 30.3 Å². The second kappa shape index (κ2) is 11.2. The Morgan fingerprint density at radius 2 is 1.59 bits per heavy atom. The van der Waals surface area contributed by atoms with Gasteiger partial charge in [0.2, 0.25) is 23.6 Å². The molecule has 1 aromatic rings. The number of nitrogens with two attached hydrogens (primary N) is 1. The molecule has 0 saturated carbocycles. The van der Waals surface area contributed by atoms with E-state index < -0.39 is 29.4 Å². The number of carbonyl (C=O) groups excluding carboxylic acids is 4. The van der Waals surface area contributed by atoms with Crippen molar-refractivity contribution < 1.29 is 19.2 Å². The third-order valence-electron chi connectivity index (χ3n) is 4.10. The molecule has 0 aliphatic heterocycles. The van der Waals surface area contributed by atoms with E-state index >= 15 is 0 Å². The standard InChI is InChI=1S/C21H32N4O4/c1-14(19(22)28)23-20(29)16(11-13-18(27)25-21(2,3)4)24-17(26)12-10-15-8-6-5-7-9-15/h5-9,14,16H,10-13H2,1-4H3,(H2,22,28)(H,23,29)(H,24,26)(H,25,27). The third-order valence-corrected chi connectivity index (χ3v) is 4.10. The number of benzene rings is 1. The molecule has 2 unspecified atom stereocenters. The zero-order valence-corrected chi connectivity index (χ0v) is 17.6. The maximum atomic E-state index is 12.5. The molecule has 0 aliphatic carbocycles. The van der Waals surface area contributed by atoms with E-state index in [1.807, 2.05) is 51.1 Å². The van der Waals surface area contributed by atoms with Gasteiger partial charge in [-0.3, -0.25) is 19.2 Å². The Morgan fingerprint density at radius 3 is 2.14 bits per heavy atom. The van der Waals surface area contributed by atoms with Crippen molar-refractivity contribution >= 4 is 23.6 Å². The molecule has 2 atom stereocenters. The molecule has 1 rings (SSSR count). The number of primary amides is 1. The Balaban J connectivity index is 2.69. The summed E-state index contributed by atoms with van der Waals surface area (Å²) in [5.74, 6) is -1.76. The van der Waals surface area contributed by atoms with Gasteiger partial charge in [-0.05, 0) is 46.1 Å². The van der Waals surface area contributed by atoms with Crippen molar-refractivity contribution in [3.8, 4) is 0 Å². The fourth-order valence-electron chi connectivity index (χ4n) is 2.58. The topological polar surface area (TPSA) is 130 Å². The first-order valence-electron chi connectivity index (χ1n) is 9.72.